The Morgan fingerprint density at radius 1 is 0.558 bits per heavy atom. The first-order chi connectivity index (χ1) is 23.7. The van der Waals surface area contributed by atoms with E-state index in [1.807, 2.05) is 30.7 Å². The summed E-state index contributed by atoms with van der Waals surface area (Å²) < 4.78 is 0. The molecule has 4 fully saturated rings. The Balaban J connectivity index is 0.000000292. The standard InChI is InChI=1S/C21H27N2.C18H33P.C7H6.2ClH.Ru/c1-14-9-16(3)20(17(4)10-14)22-7-8-23(13-22)21-18(5)11-15(2)12-19(21)6;1-4-10-16(11-5-1)19(17-12-6-2-7-13-17)18-14-8-3-9-15-18;1-7-5-3-2-4-6-7;;;/h9-13H,7-8H2,1-6H3;16-18H,1-15H2;1-6H;2*1H;/q;;;;;+2/p-2. The Labute approximate surface area is 346 Å². The van der Waals surface area contributed by atoms with E-state index in [4.69, 9.17) is 6.58 Å². The molecule has 0 atom stereocenters. The van der Waals surface area contributed by atoms with E-state index < -0.39 is 0 Å². The molecule has 0 spiro atoms. The molecule has 2 nitrogen and oxygen atoms in total. The van der Waals surface area contributed by atoms with Crippen molar-refractivity contribution in [1.29, 1.82) is 0 Å². The molecule has 1 radical (unpaired) electrons. The Morgan fingerprint density at radius 3 is 1.17 bits per heavy atom. The summed E-state index contributed by atoms with van der Waals surface area (Å²) >= 11 is 0. The van der Waals surface area contributed by atoms with Crippen molar-refractivity contribution in [1.82, 2.24) is 0 Å². The number of allylic oxidation sites excluding steroid dienone is 5. The zero-order valence-electron chi connectivity index (χ0n) is 33.1. The van der Waals surface area contributed by atoms with Crippen LogP contribution in [0.15, 0.2) is 54.1 Å². The average Bonchev–Trinajstić information content (AvgIpc) is 3.55. The molecule has 7 rings (SSSR count). The van der Waals surface area contributed by atoms with Crippen LogP contribution >= 0.6 is 7.92 Å². The van der Waals surface area contributed by atoms with Gasteiger partial charge in [-0.3, -0.25) is 0 Å². The second-order valence-corrected chi connectivity index (χ2v) is 18.8. The molecule has 1 heterocycles. The second-order valence-electron chi connectivity index (χ2n) is 15.7. The van der Waals surface area contributed by atoms with Crippen LogP contribution in [0.5, 0.6) is 0 Å². The second kappa shape index (κ2) is 23.6. The molecule has 2 aromatic rings. The summed E-state index contributed by atoms with van der Waals surface area (Å²) in [4.78, 5) is 4.81. The molecule has 1 aliphatic heterocycles. The number of rotatable bonds is 5. The first-order valence-electron chi connectivity index (χ1n) is 19.8. The number of aryl methyl sites for hydroxylation is 6. The third-order valence-corrected chi connectivity index (χ3v) is 15.6. The molecule has 6 heteroatoms. The van der Waals surface area contributed by atoms with Gasteiger partial charge >= 0.3 is 19.5 Å². The van der Waals surface area contributed by atoms with E-state index >= 15 is 0 Å². The van der Waals surface area contributed by atoms with Gasteiger partial charge in [-0.25, -0.2) is 0 Å². The van der Waals surface area contributed by atoms with Crippen LogP contribution in [0.2, 0.25) is 0 Å². The summed E-state index contributed by atoms with van der Waals surface area (Å²) in [6.45, 7) is 22.9. The molecule has 287 valence electrons. The van der Waals surface area contributed by atoms with E-state index in [1.165, 1.54) is 81.0 Å². The van der Waals surface area contributed by atoms with Crippen molar-refractivity contribution in [2.24, 2.45) is 0 Å². The number of hydrogen-bond acceptors (Lipinski definition) is 2. The van der Waals surface area contributed by atoms with Crippen LogP contribution in [0.4, 0.5) is 11.4 Å². The van der Waals surface area contributed by atoms with Gasteiger partial charge in [0.25, 0.3) is 0 Å². The summed E-state index contributed by atoms with van der Waals surface area (Å²) in [6, 6.07) is 9.12. The van der Waals surface area contributed by atoms with E-state index in [0.29, 0.717) is 7.92 Å². The summed E-state index contributed by atoms with van der Waals surface area (Å²) in [5.74, 6) is 0. The molecule has 5 aliphatic rings. The zero-order chi connectivity index (χ0) is 34.8. The number of halogens is 2. The topological polar surface area (TPSA) is 6.48 Å². The predicted molar refractivity (Wildman–Crippen MR) is 218 cm³/mol. The van der Waals surface area contributed by atoms with Crippen molar-refractivity contribution >= 4 is 19.3 Å². The minimum Gasteiger partial charge on any atom is -1.00 e. The van der Waals surface area contributed by atoms with Crippen LogP contribution < -0.4 is 34.6 Å². The Bertz CT molecular complexity index is 1280. The molecule has 1 saturated heterocycles. The van der Waals surface area contributed by atoms with Gasteiger partial charge in [0, 0.05) is 30.0 Å². The molecule has 52 heavy (non-hydrogen) atoms. The fourth-order valence-corrected chi connectivity index (χ4v) is 14.2. The fourth-order valence-electron chi connectivity index (χ4n) is 9.57. The van der Waals surface area contributed by atoms with Gasteiger partial charge in [-0.05, 0) is 132 Å². The molecule has 0 aromatic heterocycles. The number of anilines is 2. The van der Waals surface area contributed by atoms with Crippen molar-refractivity contribution in [2.45, 2.75) is 155 Å². The van der Waals surface area contributed by atoms with Crippen molar-refractivity contribution in [2.75, 3.05) is 22.9 Å². The zero-order valence-corrected chi connectivity index (χ0v) is 37.2. The molecular formula is C46H66Cl2N2PRu. The van der Waals surface area contributed by atoms with Crippen molar-refractivity contribution in [3.05, 3.63) is 107 Å². The number of benzene rings is 2. The molecule has 0 N–H and O–H groups in total. The number of nitrogens with zero attached hydrogens (tertiary/aromatic N) is 2. The SMILES string of the molecule is C1CCC(P(C2CCCCC2)C2CCCCC2)CC1.Cc1cc(C)c(N2[CH]N(c3c(C)cc(C)cc3C)CC2)c(C)c1.[CH+]=C1C=CC=C[CH-]1.[Cl-].[Cl-].[Ru+2]. The van der Waals surface area contributed by atoms with E-state index in [9.17, 15) is 0 Å². The van der Waals surface area contributed by atoms with Gasteiger partial charge in [0.15, 0.2) is 0 Å². The van der Waals surface area contributed by atoms with Gasteiger partial charge in [0.2, 0.25) is 0 Å². The van der Waals surface area contributed by atoms with Gasteiger partial charge in [0.1, 0.15) is 6.67 Å². The third kappa shape index (κ3) is 13.2. The average molecular weight is 850 g/mol. The molecule has 0 unspecified atom stereocenters. The summed E-state index contributed by atoms with van der Waals surface area (Å²) in [5, 5.41) is 0. The van der Waals surface area contributed by atoms with Gasteiger partial charge in [0.05, 0.1) is 0 Å². The Kier molecular flexibility index (Phi) is 21.2. The number of hydrogen-bond donors (Lipinski definition) is 0. The molecule has 4 aliphatic carbocycles. The molecule has 2 aromatic carbocycles. The van der Waals surface area contributed by atoms with Crippen LogP contribution in [0.1, 0.15) is 130 Å². The monoisotopic (exact) mass is 849 g/mol. The largest absolute Gasteiger partial charge is 2.00 e. The van der Waals surface area contributed by atoms with Crippen molar-refractivity contribution in [3.8, 4) is 0 Å². The Morgan fingerprint density at radius 2 is 0.904 bits per heavy atom. The van der Waals surface area contributed by atoms with Crippen LogP contribution in [-0.4, -0.2) is 30.1 Å². The quantitative estimate of drug-likeness (QED) is 0.180. The van der Waals surface area contributed by atoms with Crippen LogP contribution in [0.3, 0.4) is 0 Å². The van der Waals surface area contributed by atoms with Gasteiger partial charge in [-0.2, -0.15) is 6.58 Å². The maximum absolute atomic E-state index is 5.36. The van der Waals surface area contributed by atoms with E-state index in [0.717, 1.165) is 18.7 Å². The van der Waals surface area contributed by atoms with E-state index in [2.05, 4.69) is 82.3 Å². The fraction of sp³-hybridized carbons (Fsp3) is 0.565. The molecule has 0 amide bonds. The van der Waals surface area contributed by atoms with Crippen molar-refractivity contribution in [3.63, 3.8) is 0 Å². The summed E-state index contributed by atoms with van der Waals surface area (Å²) in [6.07, 6.45) is 33.1. The smallest absolute Gasteiger partial charge is 1.00 e. The van der Waals surface area contributed by atoms with Crippen LogP contribution in [0.25, 0.3) is 0 Å². The molecular weight excluding hydrogens is 783 g/mol. The van der Waals surface area contributed by atoms with Crippen molar-refractivity contribution < 1.29 is 44.3 Å². The Hall–Kier alpha value is -1.33. The van der Waals surface area contributed by atoms with E-state index in [1.54, 1.807) is 77.0 Å². The minimum atomic E-state index is 0. The maximum Gasteiger partial charge on any atom is 2.00 e. The predicted octanol–water partition coefficient (Wildman–Crippen LogP) is 7.13. The van der Waals surface area contributed by atoms with Crippen LogP contribution in [-0.2, 0) is 19.5 Å². The summed E-state index contributed by atoms with van der Waals surface area (Å²) in [5.41, 5.74) is 15.2. The van der Waals surface area contributed by atoms with Gasteiger partial charge in [-0.1, -0.05) is 119 Å². The maximum atomic E-state index is 5.36. The first kappa shape index (κ1) is 46.8. The van der Waals surface area contributed by atoms with Gasteiger partial charge in [-0.15, -0.1) is 0 Å². The van der Waals surface area contributed by atoms with Gasteiger partial charge < -0.3 is 34.6 Å². The first-order valence-corrected chi connectivity index (χ1v) is 21.4. The minimum absolute atomic E-state index is 0. The normalized spacial score (nSPS) is 19.3. The molecule has 0 bridgehead atoms. The molecule has 3 saturated carbocycles. The summed E-state index contributed by atoms with van der Waals surface area (Å²) in [7, 11) is 0.385. The third-order valence-electron chi connectivity index (χ3n) is 11.5. The van der Waals surface area contributed by atoms with Crippen LogP contribution in [0, 0.1) is 61.2 Å². The van der Waals surface area contributed by atoms with E-state index in [-0.39, 0.29) is 44.3 Å².